The number of benzene rings is 2. The molecule has 0 radical (unpaired) electrons. The van der Waals surface area contributed by atoms with E-state index in [2.05, 4.69) is 20.8 Å². The number of carbonyl (C=O) groups is 1. The molecule has 1 aliphatic rings. The highest BCUT2D eigenvalue weighted by Crippen LogP contribution is 2.25. The average Bonchev–Trinajstić information content (AvgIpc) is 2.99. The summed E-state index contributed by atoms with van der Waals surface area (Å²) in [4.78, 5) is 15.0. The van der Waals surface area contributed by atoms with E-state index in [0.717, 1.165) is 11.1 Å². The van der Waals surface area contributed by atoms with Crippen molar-refractivity contribution >= 4 is 15.7 Å². The van der Waals surface area contributed by atoms with Gasteiger partial charge in [0.2, 0.25) is 0 Å². The number of carbonyl (C=O) groups excluding carboxylic acids is 1. The Labute approximate surface area is 162 Å². The van der Waals surface area contributed by atoms with Crippen LogP contribution in [-0.2, 0) is 21.8 Å². The lowest BCUT2D eigenvalue weighted by atomic mass is 9.86. The quantitative estimate of drug-likeness (QED) is 0.804. The summed E-state index contributed by atoms with van der Waals surface area (Å²) in [6.45, 7) is 6.82. The monoisotopic (exact) mass is 385 g/mol. The summed E-state index contributed by atoms with van der Waals surface area (Å²) in [5, 5.41) is 0. The van der Waals surface area contributed by atoms with Gasteiger partial charge in [-0.2, -0.15) is 0 Å². The van der Waals surface area contributed by atoms with E-state index in [1.165, 1.54) is 0 Å². The van der Waals surface area contributed by atoms with Crippen LogP contribution in [0.25, 0.3) is 0 Å². The van der Waals surface area contributed by atoms with Crippen LogP contribution in [0.2, 0.25) is 0 Å². The maximum absolute atomic E-state index is 13.2. The molecule has 0 aliphatic carbocycles. The van der Waals surface area contributed by atoms with E-state index in [1.807, 2.05) is 54.6 Å². The average molecular weight is 386 g/mol. The lowest BCUT2D eigenvalue weighted by Gasteiger charge is -2.29. The van der Waals surface area contributed by atoms with E-state index in [-0.39, 0.29) is 28.9 Å². The lowest BCUT2D eigenvalue weighted by molar-refractivity contribution is 0.0681. The van der Waals surface area contributed by atoms with Crippen LogP contribution < -0.4 is 0 Å². The van der Waals surface area contributed by atoms with Gasteiger partial charge in [-0.05, 0) is 35.1 Å². The summed E-state index contributed by atoms with van der Waals surface area (Å²) >= 11 is 0. The number of rotatable bonds is 4. The van der Waals surface area contributed by atoms with Gasteiger partial charge in [0.1, 0.15) is 0 Å². The van der Waals surface area contributed by atoms with Crippen LogP contribution in [0.15, 0.2) is 54.6 Å². The molecule has 0 spiro atoms. The standard InChI is InChI=1S/C22H27NO3S/c1-22(2,3)19-11-9-18(10-12-19)21(24)23(15-17-7-5-4-6-8-17)20-13-14-27(25,26)16-20/h4-12,20H,13-16H2,1-3H3. The zero-order valence-corrected chi connectivity index (χ0v) is 17.0. The second-order valence-corrected chi connectivity index (χ2v) is 10.5. The largest absolute Gasteiger partial charge is 0.330 e. The molecule has 144 valence electrons. The third-order valence-corrected chi connectivity index (χ3v) is 6.85. The maximum atomic E-state index is 13.2. The molecule has 2 aromatic carbocycles. The molecule has 1 amide bonds. The van der Waals surface area contributed by atoms with Crippen molar-refractivity contribution in [1.29, 1.82) is 0 Å². The van der Waals surface area contributed by atoms with Gasteiger partial charge in [-0.25, -0.2) is 8.42 Å². The van der Waals surface area contributed by atoms with Crippen molar-refractivity contribution in [2.45, 2.75) is 45.2 Å². The summed E-state index contributed by atoms with van der Waals surface area (Å²) < 4.78 is 23.9. The van der Waals surface area contributed by atoms with Crippen molar-refractivity contribution < 1.29 is 13.2 Å². The molecule has 4 nitrogen and oxygen atoms in total. The van der Waals surface area contributed by atoms with Crippen LogP contribution in [0.1, 0.15) is 48.7 Å². The van der Waals surface area contributed by atoms with Gasteiger partial charge in [0.25, 0.3) is 5.91 Å². The first-order valence-electron chi connectivity index (χ1n) is 9.31. The number of nitrogens with zero attached hydrogens (tertiary/aromatic N) is 1. The van der Waals surface area contributed by atoms with Crippen molar-refractivity contribution in [3.05, 3.63) is 71.3 Å². The fourth-order valence-corrected chi connectivity index (χ4v) is 5.18. The molecule has 1 fully saturated rings. The highest BCUT2D eigenvalue weighted by atomic mass is 32.2. The first-order valence-corrected chi connectivity index (χ1v) is 11.1. The number of amides is 1. The van der Waals surface area contributed by atoms with Crippen LogP contribution in [0.5, 0.6) is 0 Å². The molecule has 2 aromatic rings. The van der Waals surface area contributed by atoms with Crippen molar-refractivity contribution in [1.82, 2.24) is 4.90 Å². The normalized spacial score (nSPS) is 19.0. The number of hydrogen-bond donors (Lipinski definition) is 0. The molecule has 1 saturated heterocycles. The van der Waals surface area contributed by atoms with Crippen LogP contribution >= 0.6 is 0 Å². The van der Waals surface area contributed by atoms with Crippen LogP contribution in [-0.4, -0.2) is 36.8 Å². The number of hydrogen-bond acceptors (Lipinski definition) is 3. The third kappa shape index (κ3) is 4.78. The van der Waals surface area contributed by atoms with Gasteiger partial charge in [-0.1, -0.05) is 63.2 Å². The zero-order valence-electron chi connectivity index (χ0n) is 16.2. The summed E-state index contributed by atoms with van der Waals surface area (Å²) in [6, 6.07) is 17.1. The Morgan fingerprint density at radius 2 is 1.67 bits per heavy atom. The molecule has 27 heavy (non-hydrogen) atoms. The smallest absolute Gasteiger partial charge is 0.254 e. The summed E-state index contributed by atoms with van der Waals surface area (Å²) in [6.07, 6.45) is 0.501. The molecule has 3 rings (SSSR count). The predicted molar refractivity (Wildman–Crippen MR) is 109 cm³/mol. The lowest BCUT2D eigenvalue weighted by Crippen LogP contribution is -2.40. The molecule has 1 heterocycles. The Bertz CT molecular complexity index is 897. The minimum atomic E-state index is -3.07. The van der Waals surface area contributed by atoms with Crippen molar-refractivity contribution in [2.24, 2.45) is 0 Å². The summed E-state index contributed by atoms with van der Waals surface area (Å²) in [5.41, 5.74) is 2.78. The fraction of sp³-hybridized carbons (Fsp3) is 0.409. The van der Waals surface area contributed by atoms with Crippen LogP contribution in [0.3, 0.4) is 0 Å². The molecular weight excluding hydrogens is 358 g/mol. The Morgan fingerprint density at radius 1 is 1.04 bits per heavy atom. The minimum Gasteiger partial charge on any atom is -0.330 e. The van der Waals surface area contributed by atoms with Gasteiger partial charge in [-0.15, -0.1) is 0 Å². The van der Waals surface area contributed by atoms with Crippen molar-refractivity contribution in [2.75, 3.05) is 11.5 Å². The van der Waals surface area contributed by atoms with Crippen molar-refractivity contribution in [3.63, 3.8) is 0 Å². The second kappa shape index (κ2) is 7.47. The molecule has 1 unspecified atom stereocenters. The number of sulfone groups is 1. The van der Waals surface area contributed by atoms with E-state index in [0.29, 0.717) is 18.5 Å². The second-order valence-electron chi connectivity index (χ2n) is 8.30. The Morgan fingerprint density at radius 3 is 2.19 bits per heavy atom. The van der Waals surface area contributed by atoms with Gasteiger partial charge in [0, 0.05) is 18.2 Å². The predicted octanol–water partition coefficient (Wildman–Crippen LogP) is 3.81. The zero-order chi connectivity index (χ0) is 19.7. The Balaban J connectivity index is 1.88. The van der Waals surface area contributed by atoms with E-state index in [9.17, 15) is 13.2 Å². The molecule has 0 aromatic heterocycles. The molecule has 5 heteroatoms. The van der Waals surface area contributed by atoms with E-state index in [1.54, 1.807) is 4.90 Å². The third-order valence-electron chi connectivity index (χ3n) is 5.10. The van der Waals surface area contributed by atoms with Gasteiger partial charge < -0.3 is 4.90 Å². The summed E-state index contributed by atoms with van der Waals surface area (Å²) in [5.74, 6) is 0.0894. The maximum Gasteiger partial charge on any atom is 0.254 e. The molecule has 0 bridgehead atoms. The van der Waals surface area contributed by atoms with E-state index in [4.69, 9.17) is 0 Å². The minimum absolute atomic E-state index is 0.0187. The van der Waals surface area contributed by atoms with Gasteiger partial charge in [0.05, 0.1) is 11.5 Å². The molecule has 1 aliphatic heterocycles. The molecule has 0 N–H and O–H groups in total. The highest BCUT2D eigenvalue weighted by Gasteiger charge is 2.35. The van der Waals surface area contributed by atoms with Gasteiger partial charge in [-0.3, -0.25) is 4.79 Å². The highest BCUT2D eigenvalue weighted by molar-refractivity contribution is 7.91. The summed E-state index contributed by atoms with van der Waals surface area (Å²) in [7, 11) is -3.07. The Hall–Kier alpha value is -2.14. The van der Waals surface area contributed by atoms with E-state index >= 15 is 0 Å². The van der Waals surface area contributed by atoms with E-state index < -0.39 is 9.84 Å². The molecular formula is C22H27NO3S. The molecule has 0 saturated carbocycles. The van der Waals surface area contributed by atoms with Crippen LogP contribution in [0.4, 0.5) is 0 Å². The Kier molecular flexibility index (Phi) is 5.43. The first kappa shape index (κ1) is 19.6. The SMILES string of the molecule is CC(C)(C)c1ccc(C(=O)N(Cc2ccccc2)C2CCS(=O)(=O)C2)cc1. The van der Waals surface area contributed by atoms with Gasteiger partial charge >= 0.3 is 0 Å². The fourth-order valence-electron chi connectivity index (χ4n) is 3.45. The van der Waals surface area contributed by atoms with Crippen LogP contribution in [0, 0.1) is 0 Å². The molecule has 1 atom stereocenters. The van der Waals surface area contributed by atoms with Crippen molar-refractivity contribution in [3.8, 4) is 0 Å². The topological polar surface area (TPSA) is 54.5 Å². The van der Waals surface area contributed by atoms with Gasteiger partial charge in [0.15, 0.2) is 9.84 Å². The first-order chi connectivity index (χ1) is 12.7.